The van der Waals surface area contributed by atoms with E-state index in [2.05, 4.69) is 29.1 Å². The van der Waals surface area contributed by atoms with E-state index in [9.17, 15) is 0 Å². The van der Waals surface area contributed by atoms with Crippen molar-refractivity contribution < 1.29 is 4.84 Å². The molecule has 4 nitrogen and oxygen atoms in total. The molecular formula is C24H26ClN3OS. The minimum absolute atomic E-state index is 0.266. The van der Waals surface area contributed by atoms with Crippen molar-refractivity contribution in [2.75, 3.05) is 13.6 Å². The van der Waals surface area contributed by atoms with Crippen LogP contribution in [0, 0.1) is 11.3 Å². The zero-order valence-electron chi connectivity index (χ0n) is 16.9. The van der Waals surface area contributed by atoms with Crippen molar-refractivity contribution in [1.29, 1.82) is 5.26 Å². The molecule has 0 aromatic heterocycles. The Morgan fingerprint density at radius 1 is 1.00 bits per heavy atom. The zero-order valence-corrected chi connectivity index (χ0v) is 18.5. The monoisotopic (exact) mass is 439 g/mol. The summed E-state index contributed by atoms with van der Waals surface area (Å²) in [7, 11) is 1.75. The Kier molecular flexibility index (Phi) is 11.0. The second-order valence-corrected chi connectivity index (χ2v) is 7.36. The van der Waals surface area contributed by atoms with Crippen molar-refractivity contribution in [2.45, 2.75) is 18.9 Å². The number of thiol groups is 1. The summed E-state index contributed by atoms with van der Waals surface area (Å²) in [6.07, 6.45) is 0.875. The number of hydroxylamine groups is 1. The maximum Gasteiger partial charge on any atom is 0.0991 e. The Hall–Kier alpha value is -2.33. The SMILES string of the molecule is CNOCc1ccccc1.N#Cc1cccc(C(CNS)Cc2ccc(Cl)cc2)c1. The largest absolute Gasteiger partial charge is 0.297 e. The maximum absolute atomic E-state index is 9.00. The molecule has 0 fully saturated rings. The van der Waals surface area contributed by atoms with Gasteiger partial charge >= 0.3 is 0 Å². The van der Waals surface area contributed by atoms with E-state index >= 15 is 0 Å². The lowest BCUT2D eigenvalue weighted by atomic mass is 9.91. The Morgan fingerprint density at radius 2 is 1.73 bits per heavy atom. The molecule has 3 rings (SSSR count). The molecule has 156 valence electrons. The minimum Gasteiger partial charge on any atom is -0.297 e. The van der Waals surface area contributed by atoms with E-state index in [0.29, 0.717) is 12.2 Å². The molecule has 6 heteroatoms. The van der Waals surface area contributed by atoms with Gasteiger partial charge in [-0.25, -0.2) is 5.48 Å². The third-order valence-electron chi connectivity index (χ3n) is 4.45. The first kappa shape index (κ1) is 23.9. The van der Waals surface area contributed by atoms with E-state index in [0.717, 1.165) is 23.6 Å². The average Bonchev–Trinajstić information content (AvgIpc) is 2.80. The van der Waals surface area contributed by atoms with Crippen LogP contribution >= 0.6 is 24.4 Å². The van der Waals surface area contributed by atoms with E-state index in [4.69, 9.17) is 21.7 Å². The predicted molar refractivity (Wildman–Crippen MR) is 126 cm³/mol. The van der Waals surface area contributed by atoms with Crippen LogP contribution in [0.25, 0.3) is 0 Å². The highest BCUT2D eigenvalue weighted by Crippen LogP contribution is 2.22. The predicted octanol–water partition coefficient (Wildman–Crippen LogP) is 5.31. The van der Waals surface area contributed by atoms with Crippen molar-refractivity contribution >= 4 is 24.4 Å². The summed E-state index contributed by atoms with van der Waals surface area (Å²) in [5, 5.41) is 9.74. The summed E-state index contributed by atoms with van der Waals surface area (Å²) in [4.78, 5) is 4.97. The van der Waals surface area contributed by atoms with Gasteiger partial charge in [-0.2, -0.15) is 5.26 Å². The van der Waals surface area contributed by atoms with Crippen molar-refractivity contribution in [3.8, 4) is 6.07 Å². The summed E-state index contributed by atoms with van der Waals surface area (Å²) in [6, 6.07) is 27.8. The Balaban J connectivity index is 0.000000269. The molecule has 0 heterocycles. The Bertz CT molecular complexity index is 914. The van der Waals surface area contributed by atoms with Crippen molar-refractivity contribution in [3.05, 3.63) is 106 Å². The van der Waals surface area contributed by atoms with E-state index in [1.54, 1.807) is 7.05 Å². The van der Waals surface area contributed by atoms with Crippen LogP contribution in [0.5, 0.6) is 0 Å². The van der Waals surface area contributed by atoms with E-state index in [1.165, 1.54) is 11.1 Å². The van der Waals surface area contributed by atoms with Crippen molar-refractivity contribution in [3.63, 3.8) is 0 Å². The quantitative estimate of drug-likeness (QED) is 0.329. The first-order valence-corrected chi connectivity index (χ1v) is 10.4. The normalized spacial score (nSPS) is 11.1. The number of rotatable bonds is 8. The van der Waals surface area contributed by atoms with Crippen LogP contribution in [-0.4, -0.2) is 13.6 Å². The second kappa shape index (κ2) is 13.8. The van der Waals surface area contributed by atoms with Gasteiger partial charge in [-0.05, 0) is 47.4 Å². The van der Waals surface area contributed by atoms with Crippen LogP contribution in [0.4, 0.5) is 0 Å². The molecule has 3 aromatic rings. The van der Waals surface area contributed by atoms with Gasteiger partial charge in [0.2, 0.25) is 0 Å². The molecule has 0 saturated carbocycles. The van der Waals surface area contributed by atoms with Gasteiger partial charge in [0, 0.05) is 24.5 Å². The molecule has 0 amide bonds. The van der Waals surface area contributed by atoms with Gasteiger partial charge in [0.25, 0.3) is 0 Å². The lowest BCUT2D eigenvalue weighted by molar-refractivity contribution is 0.0444. The fraction of sp³-hybridized carbons (Fsp3) is 0.208. The maximum atomic E-state index is 9.00. The smallest absolute Gasteiger partial charge is 0.0991 e. The summed E-state index contributed by atoms with van der Waals surface area (Å²) >= 11 is 10.0. The molecule has 1 unspecified atom stereocenters. The van der Waals surface area contributed by atoms with Crippen LogP contribution in [0.15, 0.2) is 78.9 Å². The molecular weight excluding hydrogens is 414 g/mol. The molecule has 2 N–H and O–H groups in total. The molecule has 0 spiro atoms. The number of nitrogens with zero attached hydrogens (tertiary/aromatic N) is 1. The topological polar surface area (TPSA) is 57.1 Å². The fourth-order valence-corrected chi connectivity index (χ4v) is 3.26. The number of hydrogen-bond donors (Lipinski definition) is 3. The van der Waals surface area contributed by atoms with Crippen LogP contribution in [0.2, 0.25) is 5.02 Å². The van der Waals surface area contributed by atoms with Crippen molar-refractivity contribution in [1.82, 2.24) is 10.2 Å². The number of nitriles is 1. The number of nitrogens with one attached hydrogen (secondary N) is 2. The van der Waals surface area contributed by atoms with Crippen LogP contribution in [0.1, 0.15) is 28.2 Å². The van der Waals surface area contributed by atoms with Gasteiger partial charge in [0.05, 0.1) is 18.2 Å². The standard InChI is InChI=1S/C16H15ClN2S.C8H11NO/c17-16-6-4-12(5-7-16)8-15(11-19-20)14-3-1-2-13(9-14)10-18;1-9-10-7-8-5-3-2-4-6-8/h1-7,9,15,19-20H,8,11H2;2-6,9H,7H2,1H3. The van der Waals surface area contributed by atoms with E-state index in [1.807, 2.05) is 78.9 Å². The third kappa shape index (κ3) is 8.58. The lowest BCUT2D eigenvalue weighted by Gasteiger charge is -2.17. The first-order chi connectivity index (χ1) is 14.7. The molecule has 0 aliphatic heterocycles. The summed E-state index contributed by atoms with van der Waals surface area (Å²) < 4.78 is 2.92. The molecule has 0 radical (unpaired) electrons. The number of hydrogen-bond acceptors (Lipinski definition) is 5. The Labute approximate surface area is 189 Å². The van der Waals surface area contributed by atoms with Gasteiger partial charge in [-0.15, -0.1) is 0 Å². The van der Waals surface area contributed by atoms with Crippen LogP contribution in [0.3, 0.4) is 0 Å². The summed E-state index contributed by atoms with van der Waals surface area (Å²) in [5.41, 5.74) is 6.83. The molecule has 30 heavy (non-hydrogen) atoms. The number of halogens is 1. The molecule has 0 bridgehead atoms. The second-order valence-electron chi connectivity index (χ2n) is 6.61. The molecule has 3 aromatic carbocycles. The lowest BCUT2D eigenvalue weighted by Crippen LogP contribution is -2.16. The number of benzene rings is 3. The summed E-state index contributed by atoms with van der Waals surface area (Å²) in [6.45, 7) is 1.36. The van der Waals surface area contributed by atoms with Crippen LogP contribution < -0.4 is 10.2 Å². The average molecular weight is 440 g/mol. The van der Waals surface area contributed by atoms with Gasteiger partial charge < -0.3 is 0 Å². The molecule has 0 aliphatic rings. The van der Waals surface area contributed by atoms with Crippen molar-refractivity contribution in [2.24, 2.45) is 0 Å². The van der Waals surface area contributed by atoms with Gasteiger partial charge in [-0.3, -0.25) is 9.56 Å². The van der Waals surface area contributed by atoms with Gasteiger partial charge in [0.1, 0.15) is 0 Å². The molecule has 0 saturated heterocycles. The molecule has 1 atom stereocenters. The third-order valence-corrected chi connectivity index (χ3v) is 4.88. The highest BCUT2D eigenvalue weighted by atomic mass is 35.5. The Morgan fingerprint density at radius 3 is 2.37 bits per heavy atom. The van der Waals surface area contributed by atoms with Gasteiger partial charge in [0.15, 0.2) is 0 Å². The van der Waals surface area contributed by atoms with Crippen LogP contribution in [-0.2, 0) is 17.9 Å². The minimum atomic E-state index is 0.266. The highest BCUT2D eigenvalue weighted by molar-refractivity contribution is 7.78. The fourth-order valence-electron chi connectivity index (χ4n) is 2.91. The summed E-state index contributed by atoms with van der Waals surface area (Å²) in [5.74, 6) is 0.266. The molecule has 0 aliphatic carbocycles. The van der Waals surface area contributed by atoms with E-state index < -0.39 is 0 Å². The first-order valence-electron chi connectivity index (χ1n) is 9.60. The highest BCUT2D eigenvalue weighted by Gasteiger charge is 2.12. The van der Waals surface area contributed by atoms with Gasteiger partial charge in [-0.1, -0.05) is 79.0 Å². The zero-order chi connectivity index (χ0) is 21.6. The van der Waals surface area contributed by atoms with E-state index in [-0.39, 0.29) is 5.92 Å².